The number of likely N-dealkylation sites (tertiary alicyclic amines) is 2. The third-order valence-corrected chi connectivity index (χ3v) is 6.61. The average Bonchev–Trinajstić information content (AvgIpc) is 2.66. The number of hydrogen-bond donors (Lipinski definition) is 0. The molecule has 5 atom stereocenters. The van der Waals surface area contributed by atoms with Gasteiger partial charge < -0.3 is 19.6 Å². The fourth-order valence-electron chi connectivity index (χ4n) is 4.35. The van der Waals surface area contributed by atoms with E-state index >= 15 is 0 Å². The molecule has 2 aliphatic rings. The summed E-state index contributed by atoms with van der Waals surface area (Å²) in [6.07, 6.45) is 8.26. The predicted octanol–water partition coefficient (Wildman–Crippen LogP) is 1.84. The van der Waals surface area contributed by atoms with Gasteiger partial charge in [-0.2, -0.15) is 0 Å². The maximum Gasteiger partial charge on any atom is 0.246 e. The highest BCUT2D eigenvalue weighted by Gasteiger charge is 2.35. The molecular weight excluding hydrogens is 352 g/mol. The number of likely N-dealkylation sites (N-methyl/N-ethyl adjacent to an activating group) is 2. The first-order valence-electron chi connectivity index (χ1n) is 10.4. The van der Waals surface area contributed by atoms with Crippen molar-refractivity contribution in [3.63, 3.8) is 0 Å². The highest BCUT2D eigenvalue weighted by atomic mass is 16.2. The highest BCUT2D eigenvalue weighted by molar-refractivity contribution is 5.88. The maximum absolute atomic E-state index is 12.9. The van der Waals surface area contributed by atoms with Gasteiger partial charge >= 0.3 is 0 Å². The summed E-state index contributed by atoms with van der Waals surface area (Å²) in [7, 11) is 8.24. The molecule has 0 radical (unpaired) electrons. The van der Waals surface area contributed by atoms with Crippen molar-refractivity contribution in [2.24, 2.45) is 5.92 Å². The zero-order chi connectivity index (χ0) is 21.0. The van der Waals surface area contributed by atoms with Gasteiger partial charge in [0.25, 0.3) is 0 Å². The van der Waals surface area contributed by atoms with E-state index in [2.05, 4.69) is 44.3 Å². The molecule has 0 N–H and O–H groups in total. The predicted molar refractivity (Wildman–Crippen MR) is 114 cm³/mol. The van der Waals surface area contributed by atoms with Crippen molar-refractivity contribution in [2.75, 3.05) is 41.3 Å². The van der Waals surface area contributed by atoms with Crippen molar-refractivity contribution in [1.29, 1.82) is 0 Å². The van der Waals surface area contributed by atoms with Crippen LogP contribution in [0.25, 0.3) is 0 Å². The molecule has 2 saturated heterocycles. The number of carbonyl (C=O) groups excluding carboxylic acids is 2. The Morgan fingerprint density at radius 1 is 0.929 bits per heavy atom. The van der Waals surface area contributed by atoms with Gasteiger partial charge in [0.2, 0.25) is 11.8 Å². The van der Waals surface area contributed by atoms with E-state index in [0.717, 1.165) is 25.8 Å². The van der Waals surface area contributed by atoms with E-state index in [1.54, 1.807) is 6.08 Å². The molecule has 0 aromatic rings. The second-order valence-corrected chi connectivity index (χ2v) is 8.85. The molecule has 28 heavy (non-hydrogen) atoms. The number of nitrogens with zero attached hydrogens (tertiary/aromatic N) is 4. The lowest BCUT2D eigenvalue weighted by molar-refractivity contribution is -0.131. The van der Waals surface area contributed by atoms with Crippen LogP contribution in [0.3, 0.4) is 0 Å². The number of hydrogen-bond acceptors (Lipinski definition) is 4. The number of carbonyl (C=O) groups is 2. The van der Waals surface area contributed by atoms with Crippen LogP contribution in [0.15, 0.2) is 24.8 Å². The minimum atomic E-state index is -0.0396. The van der Waals surface area contributed by atoms with Crippen molar-refractivity contribution in [3.8, 4) is 0 Å². The third kappa shape index (κ3) is 5.23. The monoisotopic (exact) mass is 390 g/mol. The Labute approximate surface area is 170 Å². The summed E-state index contributed by atoms with van der Waals surface area (Å²) in [6.45, 7) is 9.32. The quantitative estimate of drug-likeness (QED) is 0.672. The lowest BCUT2D eigenvalue weighted by Gasteiger charge is -2.44. The molecule has 0 aromatic carbocycles. The van der Waals surface area contributed by atoms with E-state index in [1.807, 2.05) is 30.0 Å². The molecule has 6 heteroatoms. The maximum atomic E-state index is 12.9. The smallest absolute Gasteiger partial charge is 0.246 e. The number of piperidine rings is 2. The van der Waals surface area contributed by atoms with Gasteiger partial charge in [-0.15, -0.1) is 0 Å². The van der Waals surface area contributed by atoms with Gasteiger partial charge in [0.05, 0.1) is 0 Å². The number of rotatable bonds is 5. The average molecular weight is 391 g/mol. The van der Waals surface area contributed by atoms with Gasteiger partial charge in [-0.25, -0.2) is 0 Å². The molecule has 1 unspecified atom stereocenters. The lowest BCUT2D eigenvalue weighted by Crippen LogP contribution is -2.54. The van der Waals surface area contributed by atoms with Crippen LogP contribution in [0, 0.1) is 5.92 Å². The van der Waals surface area contributed by atoms with Crippen molar-refractivity contribution < 1.29 is 9.59 Å². The van der Waals surface area contributed by atoms with Gasteiger partial charge in [0.15, 0.2) is 0 Å². The van der Waals surface area contributed by atoms with E-state index in [9.17, 15) is 9.59 Å². The summed E-state index contributed by atoms with van der Waals surface area (Å²) < 4.78 is 0. The molecule has 2 fully saturated rings. The topological polar surface area (TPSA) is 47.1 Å². The zero-order valence-corrected chi connectivity index (χ0v) is 18.5. The van der Waals surface area contributed by atoms with Crippen LogP contribution < -0.4 is 0 Å². The van der Waals surface area contributed by atoms with Crippen LogP contribution in [0.4, 0.5) is 0 Å². The van der Waals surface area contributed by atoms with Crippen molar-refractivity contribution >= 4 is 11.8 Å². The molecule has 0 spiro atoms. The minimum absolute atomic E-state index is 0.0396. The molecule has 2 aliphatic heterocycles. The Kier molecular flexibility index (Phi) is 7.84. The molecule has 2 amide bonds. The second-order valence-electron chi connectivity index (χ2n) is 8.85. The van der Waals surface area contributed by atoms with Crippen LogP contribution in [0.5, 0.6) is 0 Å². The van der Waals surface area contributed by atoms with Crippen LogP contribution in [-0.2, 0) is 9.59 Å². The lowest BCUT2D eigenvalue weighted by atomic mass is 9.86. The molecule has 0 aliphatic carbocycles. The molecule has 0 saturated carbocycles. The highest BCUT2D eigenvalue weighted by Crippen LogP contribution is 2.28. The minimum Gasteiger partial charge on any atom is -0.335 e. The summed E-state index contributed by atoms with van der Waals surface area (Å²) >= 11 is 0. The van der Waals surface area contributed by atoms with Gasteiger partial charge in [0, 0.05) is 37.3 Å². The van der Waals surface area contributed by atoms with E-state index < -0.39 is 0 Å². The van der Waals surface area contributed by atoms with Crippen LogP contribution in [-0.4, -0.2) is 96.9 Å². The van der Waals surface area contributed by atoms with Crippen LogP contribution in [0.2, 0.25) is 0 Å². The fourth-order valence-corrected chi connectivity index (χ4v) is 4.35. The van der Waals surface area contributed by atoms with Crippen molar-refractivity contribution in [3.05, 3.63) is 24.8 Å². The normalized spacial score (nSPS) is 31.6. The Morgan fingerprint density at radius 2 is 1.54 bits per heavy atom. The van der Waals surface area contributed by atoms with Crippen molar-refractivity contribution in [1.82, 2.24) is 19.6 Å². The SMILES string of the molecule is C=CC(=O)N1C[C@H](N(C)C)CC(/C=C/C(=O)N2C[C@H](N(C)C)CC[C@@H]2C)[C@H]1C. The summed E-state index contributed by atoms with van der Waals surface area (Å²) in [5, 5.41) is 0. The first-order valence-corrected chi connectivity index (χ1v) is 10.4. The molecule has 2 heterocycles. The van der Waals surface area contributed by atoms with Gasteiger partial charge in [-0.3, -0.25) is 9.59 Å². The molecule has 0 bridgehead atoms. The largest absolute Gasteiger partial charge is 0.335 e. The van der Waals surface area contributed by atoms with Gasteiger partial charge in [0.1, 0.15) is 0 Å². The Balaban J connectivity index is 2.12. The number of amides is 2. The Bertz CT molecular complexity index is 601. The van der Waals surface area contributed by atoms with E-state index in [-0.39, 0.29) is 35.9 Å². The Morgan fingerprint density at radius 3 is 2.11 bits per heavy atom. The summed E-state index contributed by atoms with van der Waals surface area (Å²) in [5.74, 6) is 0.195. The molecule has 0 aromatic heterocycles. The van der Waals surface area contributed by atoms with Gasteiger partial charge in [-0.1, -0.05) is 12.7 Å². The van der Waals surface area contributed by atoms with E-state index in [0.29, 0.717) is 12.6 Å². The zero-order valence-electron chi connectivity index (χ0n) is 18.5. The Hall–Kier alpha value is -1.66. The first-order chi connectivity index (χ1) is 13.1. The standard InChI is InChI=1S/C22H38N4O2/c1-8-21(27)26-15-20(24(6)7)13-18(17(26)3)10-12-22(28)25-14-19(23(4)5)11-9-16(25)2/h8,10,12,16-20H,1,9,11,13-15H2,2-7H3/b12-10+/t16-,17+,18?,19+,20+/m0/s1. The first kappa shape index (κ1) is 22.6. The van der Waals surface area contributed by atoms with Crippen LogP contribution >= 0.6 is 0 Å². The van der Waals surface area contributed by atoms with E-state index in [1.165, 1.54) is 6.08 Å². The van der Waals surface area contributed by atoms with Crippen LogP contribution in [0.1, 0.15) is 33.1 Å². The van der Waals surface area contributed by atoms with E-state index in [4.69, 9.17) is 0 Å². The van der Waals surface area contributed by atoms with Crippen molar-refractivity contribution in [2.45, 2.75) is 57.3 Å². The molecule has 6 nitrogen and oxygen atoms in total. The summed E-state index contributed by atoms with van der Waals surface area (Å²) in [4.78, 5) is 33.5. The summed E-state index contributed by atoms with van der Waals surface area (Å²) in [6, 6.07) is 1.02. The summed E-state index contributed by atoms with van der Waals surface area (Å²) in [5.41, 5.74) is 0. The fraction of sp³-hybridized carbons (Fsp3) is 0.727. The van der Waals surface area contributed by atoms with Gasteiger partial charge in [-0.05, 0) is 79.4 Å². The molecule has 2 rings (SSSR count). The molecular formula is C22H38N4O2. The second kappa shape index (κ2) is 9.70. The molecule has 158 valence electrons. The third-order valence-electron chi connectivity index (χ3n) is 6.61.